The Morgan fingerprint density at radius 1 is 1.29 bits per heavy atom. The molecule has 0 amide bonds. The van der Waals surface area contributed by atoms with Crippen LogP contribution in [0.25, 0.3) is 0 Å². The molecule has 5 nitrogen and oxygen atoms in total. The minimum absolute atomic E-state index is 0.413. The van der Waals surface area contributed by atoms with Crippen LogP contribution >= 0.6 is 0 Å². The zero-order chi connectivity index (χ0) is 12.3. The maximum atomic E-state index is 5.71. The molecule has 1 N–H and O–H groups in total. The fourth-order valence-corrected chi connectivity index (χ4v) is 1.57. The van der Waals surface area contributed by atoms with Gasteiger partial charge >= 0.3 is 0 Å². The molecule has 0 bridgehead atoms. The van der Waals surface area contributed by atoms with E-state index in [9.17, 15) is 0 Å². The molecule has 0 atom stereocenters. The zero-order valence-corrected chi connectivity index (χ0v) is 10.3. The molecule has 5 heteroatoms. The number of nitrogens with one attached hydrogen (secondary N) is 1. The first-order valence-corrected chi connectivity index (χ1v) is 5.47. The van der Waals surface area contributed by atoms with E-state index in [4.69, 9.17) is 4.74 Å². The second kappa shape index (κ2) is 4.86. The molecule has 1 aromatic heterocycles. The van der Waals surface area contributed by atoms with E-state index in [1.54, 1.807) is 0 Å². The number of hydrogen-bond donors (Lipinski definition) is 1. The van der Waals surface area contributed by atoms with Gasteiger partial charge in [0.05, 0.1) is 0 Å². The summed E-state index contributed by atoms with van der Waals surface area (Å²) in [6.07, 6.45) is 0. The summed E-state index contributed by atoms with van der Waals surface area (Å²) >= 11 is 0. The van der Waals surface area contributed by atoms with E-state index in [0.717, 1.165) is 23.1 Å². The maximum absolute atomic E-state index is 5.71. The topological polar surface area (TPSA) is 52.0 Å². The van der Waals surface area contributed by atoms with Crippen molar-refractivity contribution in [3.8, 4) is 5.75 Å². The van der Waals surface area contributed by atoms with Crippen LogP contribution in [0.1, 0.15) is 11.4 Å². The van der Waals surface area contributed by atoms with Gasteiger partial charge in [-0.25, -0.2) is 0 Å². The predicted octanol–water partition coefficient (Wildman–Crippen LogP) is 1.74. The summed E-state index contributed by atoms with van der Waals surface area (Å²) in [5.74, 6) is 2.40. The summed E-state index contributed by atoms with van der Waals surface area (Å²) in [5, 5.41) is 11.0. The third kappa shape index (κ3) is 2.38. The van der Waals surface area contributed by atoms with Crippen LogP contribution in [-0.4, -0.2) is 21.8 Å². The molecule has 0 fully saturated rings. The first-order chi connectivity index (χ1) is 8.22. The quantitative estimate of drug-likeness (QED) is 0.872. The van der Waals surface area contributed by atoms with E-state index < -0.39 is 0 Å². The minimum Gasteiger partial charge on any atom is -0.485 e. The average molecular weight is 232 g/mol. The molecule has 0 saturated carbocycles. The van der Waals surface area contributed by atoms with E-state index >= 15 is 0 Å². The van der Waals surface area contributed by atoms with Gasteiger partial charge in [0, 0.05) is 14.1 Å². The van der Waals surface area contributed by atoms with Gasteiger partial charge in [-0.2, -0.15) is 0 Å². The van der Waals surface area contributed by atoms with Gasteiger partial charge in [0.25, 0.3) is 0 Å². The zero-order valence-electron chi connectivity index (χ0n) is 10.3. The smallest absolute Gasteiger partial charge is 0.224 e. The van der Waals surface area contributed by atoms with E-state index in [0.29, 0.717) is 6.61 Å². The number of nitrogens with zero attached hydrogens (tertiary/aromatic N) is 3. The lowest BCUT2D eigenvalue weighted by Gasteiger charge is -2.08. The molecular weight excluding hydrogens is 216 g/mol. The van der Waals surface area contributed by atoms with Crippen LogP contribution in [0.4, 0.5) is 5.95 Å². The summed E-state index contributed by atoms with van der Waals surface area (Å²) in [5.41, 5.74) is 1.11. The van der Waals surface area contributed by atoms with Crippen LogP contribution in [0.2, 0.25) is 0 Å². The molecule has 17 heavy (non-hydrogen) atoms. The van der Waals surface area contributed by atoms with Crippen molar-refractivity contribution in [1.82, 2.24) is 14.8 Å². The maximum Gasteiger partial charge on any atom is 0.224 e. The Balaban J connectivity index is 2.07. The number of hydrogen-bond acceptors (Lipinski definition) is 4. The largest absolute Gasteiger partial charge is 0.485 e. The van der Waals surface area contributed by atoms with Crippen molar-refractivity contribution < 1.29 is 4.74 Å². The summed E-state index contributed by atoms with van der Waals surface area (Å²) < 4.78 is 7.58. The molecule has 0 aliphatic heterocycles. The molecule has 2 rings (SSSR count). The normalized spacial score (nSPS) is 10.3. The lowest BCUT2D eigenvalue weighted by atomic mass is 10.2. The fraction of sp³-hybridized carbons (Fsp3) is 0.333. The molecule has 90 valence electrons. The Hall–Kier alpha value is -2.04. The van der Waals surface area contributed by atoms with Crippen molar-refractivity contribution >= 4 is 5.95 Å². The number of ether oxygens (including phenoxy) is 1. The second-order valence-electron chi connectivity index (χ2n) is 3.80. The Bertz CT molecular complexity index is 507. The highest BCUT2D eigenvalue weighted by molar-refractivity contribution is 5.32. The highest BCUT2D eigenvalue weighted by Crippen LogP contribution is 2.17. The standard InChI is InChI=1S/C12H16N4O/c1-9-6-4-5-7-10(9)17-8-11-14-15-12(13-2)16(11)3/h4-7H,8H2,1-3H3,(H,13,15). The van der Waals surface area contributed by atoms with Crippen LogP contribution in [0.5, 0.6) is 5.75 Å². The molecule has 0 aliphatic carbocycles. The molecular formula is C12H16N4O. The summed E-state index contributed by atoms with van der Waals surface area (Å²) in [7, 11) is 3.72. The van der Waals surface area contributed by atoms with E-state index in [-0.39, 0.29) is 0 Å². The van der Waals surface area contributed by atoms with Crippen molar-refractivity contribution in [3.05, 3.63) is 35.7 Å². The molecule has 1 aromatic carbocycles. The van der Waals surface area contributed by atoms with Crippen LogP contribution in [0, 0.1) is 6.92 Å². The Morgan fingerprint density at radius 3 is 2.71 bits per heavy atom. The summed E-state index contributed by atoms with van der Waals surface area (Å²) in [6.45, 7) is 2.43. The molecule has 1 heterocycles. The van der Waals surface area contributed by atoms with Crippen molar-refractivity contribution in [2.75, 3.05) is 12.4 Å². The number of benzene rings is 1. The monoisotopic (exact) mass is 232 g/mol. The molecule has 0 saturated heterocycles. The molecule has 0 aliphatic rings. The van der Waals surface area contributed by atoms with E-state index in [1.807, 2.05) is 49.9 Å². The number of rotatable bonds is 4. The Kier molecular flexibility index (Phi) is 3.27. The van der Waals surface area contributed by atoms with Gasteiger partial charge in [-0.15, -0.1) is 10.2 Å². The van der Waals surface area contributed by atoms with E-state index in [1.165, 1.54) is 0 Å². The first-order valence-electron chi connectivity index (χ1n) is 5.47. The van der Waals surface area contributed by atoms with Crippen molar-refractivity contribution in [2.24, 2.45) is 7.05 Å². The number of aryl methyl sites for hydroxylation is 1. The van der Waals surface area contributed by atoms with Gasteiger partial charge in [0.1, 0.15) is 12.4 Å². The third-order valence-electron chi connectivity index (χ3n) is 2.64. The predicted molar refractivity (Wildman–Crippen MR) is 66.1 cm³/mol. The Labute approximate surface area is 100 Å². The number of aromatic nitrogens is 3. The number of anilines is 1. The van der Waals surface area contributed by atoms with Crippen molar-refractivity contribution in [3.63, 3.8) is 0 Å². The minimum atomic E-state index is 0.413. The van der Waals surface area contributed by atoms with Gasteiger partial charge in [-0.05, 0) is 18.6 Å². The van der Waals surface area contributed by atoms with Crippen LogP contribution in [0.3, 0.4) is 0 Å². The molecule has 0 radical (unpaired) electrons. The lowest BCUT2D eigenvalue weighted by molar-refractivity contribution is 0.289. The van der Waals surface area contributed by atoms with Crippen LogP contribution in [0.15, 0.2) is 24.3 Å². The van der Waals surface area contributed by atoms with Gasteiger partial charge in [0.15, 0.2) is 5.82 Å². The van der Waals surface area contributed by atoms with Crippen molar-refractivity contribution in [1.29, 1.82) is 0 Å². The fourth-order valence-electron chi connectivity index (χ4n) is 1.57. The second-order valence-corrected chi connectivity index (χ2v) is 3.80. The first kappa shape index (κ1) is 11.4. The average Bonchev–Trinajstić information content (AvgIpc) is 2.69. The highest BCUT2D eigenvalue weighted by Gasteiger charge is 2.08. The van der Waals surface area contributed by atoms with Crippen LogP contribution in [-0.2, 0) is 13.7 Å². The SMILES string of the molecule is CNc1nnc(COc2ccccc2C)n1C. The lowest BCUT2D eigenvalue weighted by Crippen LogP contribution is -2.06. The highest BCUT2D eigenvalue weighted by atomic mass is 16.5. The van der Waals surface area contributed by atoms with Crippen LogP contribution < -0.4 is 10.1 Å². The molecule has 0 spiro atoms. The van der Waals surface area contributed by atoms with Gasteiger partial charge in [-0.1, -0.05) is 18.2 Å². The van der Waals surface area contributed by atoms with E-state index in [2.05, 4.69) is 15.5 Å². The number of para-hydroxylation sites is 1. The van der Waals surface area contributed by atoms with Gasteiger partial charge in [-0.3, -0.25) is 4.57 Å². The third-order valence-corrected chi connectivity index (χ3v) is 2.64. The molecule has 2 aromatic rings. The molecule has 0 unspecified atom stereocenters. The van der Waals surface area contributed by atoms with Gasteiger partial charge < -0.3 is 10.1 Å². The van der Waals surface area contributed by atoms with Crippen molar-refractivity contribution in [2.45, 2.75) is 13.5 Å². The summed E-state index contributed by atoms with van der Waals surface area (Å²) in [4.78, 5) is 0. The Morgan fingerprint density at radius 2 is 2.06 bits per heavy atom. The van der Waals surface area contributed by atoms with Gasteiger partial charge in [0.2, 0.25) is 5.95 Å². The summed E-state index contributed by atoms with van der Waals surface area (Å²) in [6, 6.07) is 7.91.